The van der Waals surface area contributed by atoms with Crippen molar-refractivity contribution in [1.82, 2.24) is 0 Å². The fourth-order valence-corrected chi connectivity index (χ4v) is 11.4. The van der Waals surface area contributed by atoms with Crippen LogP contribution in [-0.2, 0) is 54.3 Å². The standard InChI is InChI=1S/C41H49.C25H16Cl2.C5H5.2ClH.Zr/c1-9-11-17-28-19-13-15-21-32(28)36-24-30-23-31-25-37(33-22-16-14-20-29(33)18-12-10-2)39(41(6,7)8)27-35(31)34(30)26-38(36)40(3,4)5;26-24-16-18(11-13-22(24)20-7-3-1-4-8-20)15-19-12-14-23(25(27)17-19)21-9-5-2-6-10-21;1-2-4-5-3-1;;;/h13-16,19-22,24,26-27H,9-12,17-18,23H2,1-8H3;1-14,16-17H;1-5H;2*1H;/q-1;;-1;;;+2/p-2. The molecule has 0 unspecified atom stereocenters. The number of fused-ring (bicyclic) bond motifs is 3. The van der Waals surface area contributed by atoms with Crippen LogP contribution >= 0.6 is 23.2 Å². The van der Waals surface area contributed by atoms with Gasteiger partial charge in [-0.05, 0) is 64.3 Å². The predicted molar refractivity (Wildman–Crippen MR) is 318 cm³/mol. The van der Waals surface area contributed by atoms with Crippen molar-refractivity contribution >= 4 is 26.4 Å². The van der Waals surface area contributed by atoms with Crippen molar-refractivity contribution in [3.63, 3.8) is 0 Å². The molecule has 1 aliphatic carbocycles. The van der Waals surface area contributed by atoms with Gasteiger partial charge in [-0.3, -0.25) is 0 Å². The molecule has 1 aliphatic rings. The van der Waals surface area contributed by atoms with Crippen LogP contribution in [0.3, 0.4) is 0 Å². The van der Waals surface area contributed by atoms with Crippen molar-refractivity contribution in [1.29, 1.82) is 0 Å². The summed E-state index contributed by atoms with van der Waals surface area (Å²) in [5, 5.41) is 1.52. The van der Waals surface area contributed by atoms with Crippen molar-refractivity contribution in [3.8, 4) is 55.6 Å². The Hall–Kier alpha value is -4.98. The summed E-state index contributed by atoms with van der Waals surface area (Å²) in [6.07, 6.45) is 8.09. The number of hydrogen-bond donors (Lipinski definition) is 0. The van der Waals surface area contributed by atoms with Gasteiger partial charge in [0, 0.05) is 0 Å². The van der Waals surface area contributed by atoms with E-state index in [9.17, 15) is 0 Å². The first kappa shape index (κ1) is 60.3. The molecule has 0 amide bonds. The van der Waals surface area contributed by atoms with E-state index in [0.29, 0.717) is 0 Å². The molecule has 0 saturated carbocycles. The fourth-order valence-electron chi connectivity index (χ4n) is 10.1. The zero-order valence-corrected chi connectivity index (χ0v) is 50.9. The molecule has 9 aromatic rings. The van der Waals surface area contributed by atoms with Gasteiger partial charge in [0.05, 0.1) is 0 Å². The Labute approximate surface area is 492 Å². The van der Waals surface area contributed by atoms with Gasteiger partial charge in [0.25, 0.3) is 0 Å². The Morgan fingerprint density at radius 2 is 0.947 bits per heavy atom. The van der Waals surface area contributed by atoms with E-state index in [2.05, 4.69) is 177 Å². The van der Waals surface area contributed by atoms with E-state index in [1.165, 1.54) is 120 Å². The van der Waals surface area contributed by atoms with Crippen molar-refractivity contribution in [2.45, 2.75) is 111 Å². The van der Waals surface area contributed by atoms with E-state index in [-0.39, 0.29) is 35.6 Å². The molecule has 0 heterocycles. The Bertz CT molecular complexity index is 3090. The number of aryl methyl sites for hydroxylation is 2. The molecule has 388 valence electrons. The van der Waals surface area contributed by atoms with Crippen LogP contribution in [0.4, 0.5) is 0 Å². The second-order valence-corrected chi connectivity index (χ2v) is 23.7. The molecule has 0 bridgehead atoms. The quantitative estimate of drug-likeness (QED) is 0.107. The predicted octanol–water partition coefficient (Wildman–Crippen LogP) is 14.5. The maximum atomic E-state index is 6.60. The minimum absolute atomic E-state index is 0. The van der Waals surface area contributed by atoms with Gasteiger partial charge in [0.2, 0.25) is 0 Å². The number of rotatable bonds is 12. The van der Waals surface area contributed by atoms with Crippen LogP contribution in [-0.4, -0.2) is 3.21 Å². The largest absolute Gasteiger partial charge is 1.00 e. The molecule has 0 radical (unpaired) electrons. The maximum Gasteiger partial charge on any atom is -0.172 e. The van der Waals surface area contributed by atoms with Gasteiger partial charge in [-0.15, -0.1) is 28.8 Å². The topological polar surface area (TPSA) is 0 Å². The summed E-state index contributed by atoms with van der Waals surface area (Å²) in [6, 6.07) is 72.7. The molecule has 76 heavy (non-hydrogen) atoms. The molecule has 0 aromatic heterocycles. The number of unbranched alkanes of at least 4 members (excludes halogenated alkanes) is 2. The van der Waals surface area contributed by atoms with Gasteiger partial charge >= 0.3 is 191 Å². The van der Waals surface area contributed by atoms with Crippen LogP contribution in [0.5, 0.6) is 0 Å². The molecule has 9 aromatic carbocycles. The molecule has 0 aliphatic heterocycles. The normalized spacial score (nSPS) is 11.4. The van der Waals surface area contributed by atoms with Crippen molar-refractivity contribution in [2.24, 2.45) is 0 Å². The van der Waals surface area contributed by atoms with Gasteiger partial charge in [0.1, 0.15) is 0 Å². The molecule has 0 fully saturated rings. The first-order chi connectivity index (χ1) is 35.7. The van der Waals surface area contributed by atoms with Crippen LogP contribution in [0.2, 0.25) is 10.0 Å². The second kappa shape index (κ2) is 27.6. The first-order valence-corrected chi connectivity index (χ1v) is 28.5. The van der Waals surface area contributed by atoms with E-state index in [4.69, 9.17) is 23.2 Å². The molecule has 0 atom stereocenters. The van der Waals surface area contributed by atoms with Gasteiger partial charge in [0.15, 0.2) is 0 Å². The average Bonchev–Trinajstić information content (AvgIpc) is 4.12. The Morgan fingerprint density at radius 1 is 0.487 bits per heavy atom. The third kappa shape index (κ3) is 14.6. The molecule has 5 heteroatoms. The number of halogens is 4. The smallest absolute Gasteiger partial charge is 0.172 e. The molecular formula is C71H70Cl4Zr-2. The van der Waals surface area contributed by atoms with E-state index >= 15 is 0 Å². The maximum absolute atomic E-state index is 6.60. The van der Waals surface area contributed by atoms with Gasteiger partial charge in [-0.1, -0.05) is 158 Å². The van der Waals surface area contributed by atoms with Crippen LogP contribution < -0.4 is 24.8 Å². The number of hydrogen-bond acceptors (Lipinski definition) is 0. The average molecular weight is 1160 g/mol. The van der Waals surface area contributed by atoms with E-state index in [1.807, 2.05) is 78.9 Å². The Morgan fingerprint density at radius 3 is 1.41 bits per heavy atom. The van der Waals surface area contributed by atoms with Gasteiger partial charge < -0.3 is 24.8 Å². The zero-order valence-electron chi connectivity index (χ0n) is 45.4. The molecule has 0 spiro atoms. The third-order valence-electron chi connectivity index (χ3n) is 14.1. The minimum atomic E-state index is 0. The van der Waals surface area contributed by atoms with Gasteiger partial charge in [-0.2, -0.15) is 18.2 Å². The van der Waals surface area contributed by atoms with E-state index < -0.39 is 0 Å². The monoisotopic (exact) mass is 1150 g/mol. The first-order valence-electron chi connectivity index (χ1n) is 26.6. The third-order valence-corrected chi connectivity index (χ3v) is 16.2. The van der Waals surface area contributed by atoms with Crippen molar-refractivity contribution in [3.05, 3.63) is 255 Å². The fraction of sp³-hybridized carbons (Fsp3) is 0.239. The molecule has 10 rings (SSSR count). The van der Waals surface area contributed by atoms with E-state index in [0.717, 1.165) is 62.7 Å². The summed E-state index contributed by atoms with van der Waals surface area (Å²) in [4.78, 5) is 0. The Balaban J connectivity index is 0.000000232. The second-order valence-electron chi connectivity index (χ2n) is 21.7. The van der Waals surface area contributed by atoms with Crippen molar-refractivity contribution in [2.75, 3.05) is 0 Å². The summed E-state index contributed by atoms with van der Waals surface area (Å²) in [7, 11) is 0. The van der Waals surface area contributed by atoms with Crippen LogP contribution in [0.1, 0.15) is 126 Å². The van der Waals surface area contributed by atoms with Crippen LogP contribution in [0.15, 0.2) is 194 Å². The van der Waals surface area contributed by atoms with E-state index in [1.54, 1.807) is 0 Å². The molecular weight excluding hydrogens is 1090 g/mol. The van der Waals surface area contributed by atoms with Crippen LogP contribution in [0, 0.1) is 6.07 Å². The minimum Gasteiger partial charge on any atom is -1.00 e. The van der Waals surface area contributed by atoms with Crippen LogP contribution in [0.25, 0.3) is 55.6 Å². The summed E-state index contributed by atoms with van der Waals surface area (Å²) in [5.74, 6) is 0. The summed E-state index contributed by atoms with van der Waals surface area (Å²) in [5.41, 5.74) is 23.5. The summed E-state index contributed by atoms with van der Waals surface area (Å²) >= 11 is 14.5. The zero-order chi connectivity index (χ0) is 52.4. The SMILES string of the molecule is CCCCc1ccccc1-c1[c-]c2c(cc1C(C)(C)C)-c1cc(C(C)(C)C)c(-c3ccccc3CCCC)cc1C2.Clc1cc([C](=[Zr+2])c2ccc(-c3ccccc3)c(Cl)c2)ccc1-c1ccccc1.[Cl-].[Cl-].c1cc[cH-]c1. The van der Waals surface area contributed by atoms with Gasteiger partial charge in [-0.25, -0.2) is 12.1 Å². The van der Waals surface area contributed by atoms with Crippen molar-refractivity contribution < 1.29 is 49.0 Å². The summed E-state index contributed by atoms with van der Waals surface area (Å²) < 4.78 is 1.23. The molecule has 0 N–H and O–H groups in total. The molecule has 0 saturated heterocycles. The Kier molecular flexibility index (Phi) is 21.8. The number of benzene rings is 8. The summed E-state index contributed by atoms with van der Waals surface area (Å²) in [6.45, 7) is 18.7. The molecule has 0 nitrogen and oxygen atoms in total.